The molecule has 2 saturated heterocycles. The fraction of sp³-hybridized carbons (Fsp3) is 0.480. The number of nitrogens with zero attached hydrogens (tertiary/aromatic N) is 5. The molecule has 2 aromatic heterocycles. The van der Waals surface area contributed by atoms with E-state index in [4.69, 9.17) is 21.7 Å². The van der Waals surface area contributed by atoms with Crippen molar-refractivity contribution in [1.29, 1.82) is 0 Å². The number of aryl methyl sites for hydroxylation is 1. The molecule has 2 N–H and O–H groups in total. The molecule has 1 amide bonds. The van der Waals surface area contributed by atoms with Gasteiger partial charge in [-0.1, -0.05) is 18.5 Å². The summed E-state index contributed by atoms with van der Waals surface area (Å²) in [5, 5.41) is 15.1. The van der Waals surface area contributed by atoms with Crippen LogP contribution in [-0.2, 0) is 10.0 Å². The molecule has 1 aromatic carbocycles. The average molecular weight is 547 g/mol. The van der Waals surface area contributed by atoms with Gasteiger partial charge in [-0.25, -0.2) is 17.9 Å². The largest absolute Gasteiger partial charge is 0.391 e. The Balaban J connectivity index is 1.51. The lowest BCUT2D eigenvalue weighted by atomic mass is 9.91. The highest BCUT2D eigenvalue weighted by Gasteiger charge is 2.35. The van der Waals surface area contributed by atoms with E-state index in [1.807, 2.05) is 19.2 Å². The van der Waals surface area contributed by atoms with Gasteiger partial charge in [0.2, 0.25) is 10.0 Å². The van der Waals surface area contributed by atoms with Gasteiger partial charge in [-0.15, -0.1) is 0 Å². The second-order valence-corrected chi connectivity index (χ2v) is 12.4. The van der Waals surface area contributed by atoms with Crippen LogP contribution in [-0.4, -0.2) is 70.9 Å². The molecule has 37 heavy (non-hydrogen) atoms. The van der Waals surface area contributed by atoms with Crippen LogP contribution in [0, 0.1) is 12.8 Å². The van der Waals surface area contributed by atoms with Crippen LogP contribution in [0.1, 0.15) is 53.8 Å². The van der Waals surface area contributed by atoms with Crippen molar-refractivity contribution < 1.29 is 18.3 Å². The Morgan fingerprint density at radius 3 is 2.68 bits per heavy atom. The van der Waals surface area contributed by atoms with Crippen molar-refractivity contribution in [1.82, 2.24) is 19.5 Å². The first-order chi connectivity index (χ1) is 17.5. The van der Waals surface area contributed by atoms with E-state index in [1.165, 1.54) is 12.1 Å². The minimum atomic E-state index is -3.60. The SMILES string of the molecule is Cc1cn2nc([C@@H]3CCC(C)CN3C(=O)c3cc(Cl)ccc3NS(C)(=O)=O)cc2nc1N1CC[C@@H](O)C1. The lowest BCUT2D eigenvalue weighted by molar-refractivity contribution is 0.0538. The molecule has 3 atom stereocenters. The highest BCUT2D eigenvalue weighted by Crippen LogP contribution is 2.36. The normalized spacial score (nSPS) is 22.6. The number of hydrogen-bond donors (Lipinski definition) is 2. The zero-order chi connectivity index (χ0) is 26.5. The molecular weight excluding hydrogens is 516 g/mol. The summed E-state index contributed by atoms with van der Waals surface area (Å²) in [6.07, 6.45) is 4.98. The molecule has 0 radical (unpaired) electrons. The van der Waals surface area contributed by atoms with E-state index < -0.39 is 10.0 Å². The minimum Gasteiger partial charge on any atom is -0.391 e. The summed E-state index contributed by atoms with van der Waals surface area (Å²) < 4.78 is 28.0. The monoisotopic (exact) mass is 546 g/mol. The topological polar surface area (TPSA) is 120 Å². The van der Waals surface area contributed by atoms with Crippen LogP contribution in [0.5, 0.6) is 0 Å². The molecule has 3 aromatic rings. The molecular formula is C25H31ClN6O4S. The summed E-state index contributed by atoms with van der Waals surface area (Å²) in [5.41, 5.74) is 2.75. The van der Waals surface area contributed by atoms with Gasteiger partial charge >= 0.3 is 0 Å². The lowest BCUT2D eigenvalue weighted by Gasteiger charge is -2.38. The van der Waals surface area contributed by atoms with Crippen LogP contribution in [0.4, 0.5) is 11.5 Å². The van der Waals surface area contributed by atoms with Gasteiger partial charge in [-0.2, -0.15) is 5.10 Å². The Labute approximate surface area is 221 Å². The third-order valence-corrected chi connectivity index (χ3v) is 7.84. The number of aromatic nitrogens is 3. The Bertz CT molecular complexity index is 1460. The predicted octanol–water partition coefficient (Wildman–Crippen LogP) is 3.25. The third-order valence-electron chi connectivity index (χ3n) is 7.01. The van der Waals surface area contributed by atoms with Crippen molar-refractivity contribution in [3.05, 3.63) is 52.3 Å². The van der Waals surface area contributed by atoms with E-state index in [0.717, 1.165) is 42.7 Å². The number of fused-ring (bicyclic) bond motifs is 1. The first kappa shape index (κ1) is 25.7. The maximum Gasteiger partial charge on any atom is 0.256 e. The van der Waals surface area contributed by atoms with E-state index in [1.54, 1.807) is 15.5 Å². The molecule has 0 spiro atoms. The molecule has 2 aliphatic rings. The summed E-state index contributed by atoms with van der Waals surface area (Å²) in [6, 6.07) is 6.17. The summed E-state index contributed by atoms with van der Waals surface area (Å²) in [4.78, 5) is 22.5. The number of benzene rings is 1. The van der Waals surface area contributed by atoms with Gasteiger partial charge in [-0.3, -0.25) is 9.52 Å². The molecule has 198 valence electrons. The van der Waals surface area contributed by atoms with Gasteiger partial charge in [-0.05, 0) is 50.3 Å². The molecule has 10 nitrogen and oxygen atoms in total. The number of nitrogens with one attached hydrogen (secondary N) is 1. The minimum absolute atomic E-state index is 0.193. The summed E-state index contributed by atoms with van der Waals surface area (Å²) in [6.45, 7) is 5.87. The van der Waals surface area contributed by atoms with Crippen LogP contribution in [0.15, 0.2) is 30.5 Å². The number of likely N-dealkylation sites (tertiary alicyclic amines) is 1. The number of β-amino-alcohol motifs (C(OH)–C–C–N with tert-alkyl or cyclic N) is 1. The molecule has 0 saturated carbocycles. The quantitative estimate of drug-likeness (QED) is 0.504. The van der Waals surface area contributed by atoms with Crippen molar-refractivity contribution in [3.63, 3.8) is 0 Å². The number of piperidine rings is 1. The van der Waals surface area contributed by atoms with Gasteiger partial charge in [0.15, 0.2) is 5.65 Å². The number of amides is 1. The van der Waals surface area contributed by atoms with E-state index in [-0.39, 0.29) is 35.2 Å². The molecule has 0 aliphatic carbocycles. The van der Waals surface area contributed by atoms with Gasteiger partial charge in [0, 0.05) is 42.5 Å². The molecule has 4 heterocycles. The third kappa shape index (κ3) is 5.39. The highest BCUT2D eigenvalue weighted by molar-refractivity contribution is 7.92. The number of carbonyl (C=O) groups is 1. The van der Waals surface area contributed by atoms with Gasteiger partial charge in [0.1, 0.15) is 5.82 Å². The predicted molar refractivity (Wildman–Crippen MR) is 143 cm³/mol. The first-order valence-corrected chi connectivity index (χ1v) is 14.6. The first-order valence-electron chi connectivity index (χ1n) is 12.4. The second-order valence-electron chi connectivity index (χ2n) is 10.2. The second kappa shape index (κ2) is 9.77. The molecule has 0 bridgehead atoms. The fourth-order valence-corrected chi connectivity index (χ4v) is 6.01. The summed E-state index contributed by atoms with van der Waals surface area (Å²) in [5.74, 6) is 0.797. The van der Waals surface area contributed by atoms with E-state index in [9.17, 15) is 18.3 Å². The van der Waals surface area contributed by atoms with E-state index in [0.29, 0.717) is 30.2 Å². The Hall–Kier alpha value is -2.89. The molecule has 1 unspecified atom stereocenters. The summed E-state index contributed by atoms with van der Waals surface area (Å²) >= 11 is 6.21. The van der Waals surface area contributed by atoms with E-state index in [2.05, 4.69) is 16.5 Å². The van der Waals surface area contributed by atoms with Crippen molar-refractivity contribution >= 4 is 44.7 Å². The molecule has 2 fully saturated rings. The Morgan fingerprint density at radius 1 is 1.19 bits per heavy atom. The van der Waals surface area contributed by atoms with Gasteiger partial charge in [0.25, 0.3) is 5.91 Å². The Kier molecular flexibility index (Phi) is 6.80. The number of anilines is 2. The number of aliphatic hydroxyl groups is 1. The van der Waals surface area contributed by atoms with Crippen LogP contribution in [0.2, 0.25) is 5.02 Å². The van der Waals surface area contributed by atoms with Crippen LogP contribution in [0.3, 0.4) is 0 Å². The van der Waals surface area contributed by atoms with Gasteiger partial charge < -0.3 is 14.9 Å². The summed E-state index contributed by atoms with van der Waals surface area (Å²) in [7, 11) is -3.60. The zero-order valence-electron chi connectivity index (χ0n) is 21.1. The number of carbonyl (C=O) groups excluding carboxylic acids is 1. The van der Waals surface area contributed by atoms with Crippen molar-refractivity contribution in [2.24, 2.45) is 5.92 Å². The number of rotatable bonds is 5. The fourth-order valence-electron chi connectivity index (χ4n) is 5.26. The van der Waals surface area contributed by atoms with E-state index >= 15 is 0 Å². The smallest absolute Gasteiger partial charge is 0.256 e. The van der Waals surface area contributed by atoms with Crippen molar-refractivity contribution in [3.8, 4) is 0 Å². The molecule has 2 aliphatic heterocycles. The number of hydrogen-bond acceptors (Lipinski definition) is 7. The van der Waals surface area contributed by atoms with Crippen LogP contribution >= 0.6 is 11.6 Å². The Morgan fingerprint density at radius 2 is 1.97 bits per heavy atom. The zero-order valence-corrected chi connectivity index (χ0v) is 22.6. The van der Waals surface area contributed by atoms with Gasteiger partial charge in [0.05, 0.1) is 35.3 Å². The lowest BCUT2D eigenvalue weighted by Crippen LogP contribution is -2.42. The maximum absolute atomic E-state index is 13.9. The van der Waals surface area contributed by atoms with Crippen LogP contribution in [0.25, 0.3) is 5.65 Å². The van der Waals surface area contributed by atoms with Crippen LogP contribution < -0.4 is 9.62 Å². The molecule has 12 heteroatoms. The number of sulfonamides is 1. The molecule has 5 rings (SSSR count). The van der Waals surface area contributed by atoms with Crippen molar-refractivity contribution in [2.75, 3.05) is 35.5 Å². The average Bonchev–Trinajstić information content (AvgIpc) is 3.43. The maximum atomic E-state index is 13.9. The highest BCUT2D eigenvalue weighted by atomic mass is 35.5. The number of aliphatic hydroxyl groups excluding tert-OH is 1. The van der Waals surface area contributed by atoms with Crippen molar-refractivity contribution in [2.45, 2.75) is 45.3 Å². The standard InChI is InChI=1S/C25H31ClN6O4S/c1-15-4-7-22(31(12-15)25(34)19-10-17(26)5-6-20(19)29-37(3,35)36)21-11-23-27-24(16(2)13-32(23)28-21)30-9-8-18(33)14-30/h5-6,10-11,13,15,18,22,29,33H,4,7-9,12,14H2,1-3H3/t15?,18-,22+/m1/s1. The number of halogens is 1.